The van der Waals surface area contributed by atoms with Gasteiger partial charge in [0.2, 0.25) is 0 Å². The van der Waals surface area contributed by atoms with Gasteiger partial charge in [0.1, 0.15) is 18.1 Å². The van der Waals surface area contributed by atoms with Gasteiger partial charge in [-0.3, -0.25) is 0 Å². The van der Waals surface area contributed by atoms with Crippen LogP contribution in [0.4, 0.5) is 0 Å². The van der Waals surface area contributed by atoms with Crippen molar-refractivity contribution in [3.05, 3.63) is 58.1 Å². The number of alkyl halides is 1. The Morgan fingerprint density at radius 1 is 1.09 bits per heavy atom. The Morgan fingerprint density at radius 3 is 2.48 bits per heavy atom. The first-order valence-electron chi connectivity index (χ1n) is 8.06. The first kappa shape index (κ1) is 16.2. The van der Waals surface area contributed by atoms with Crippen molar-refractivity contribution in [2.24, 2.45) is 0 Å². The fourth-order valence-electron chi connectivity index (χ4n) is 3.15. The smallest absolute Gasteiger partial charge is 0.180 e. The number of hydrogen-bond acceptors (Lipinski definition) is 2. The number of rotatable bonds is 3. The van der Waals surface area contributed by atoms with Crippen molar-refractivity contribution >= 4 is 11.6 Å². The van der Waals surface area contributed by atoms with E-state index in [2.05, 4.69) is 32.9 Å². The van der Waals surface area contributed by atoms with Gasteiger partial charge in [-0.1, -0.05) is 41.9 Å². The van der Waals surface area contributed by atoms with Crippen molar-refractivity contribution in [3.63, 3.8) is 0 Å². The molecular formula is C20H23ClO2. The molecule has 0 fully saturated rings. The van der Waals surface area contributed by atoms with Crippen molar-refractivity contribution in [2.45, 2.75) is 52.2 Å². The molecule has 122 valence electrons. The van der Waals surface area contributed by atoms with Crippen LogP contribution in [0.25, 0.3) is 0 Å². The molecule has 0 spiro atoms. The van der Waals surface area contributed by atoms with Crippen LogP contribution in [0.1, 0.15) is 41.2 Å². The van der Waals surface area contributed by atoms with Crippen LogP contribution in [-0.4, -0.2) is 5.06 Å². The molecule has 2 aromatic carbocycles. The summed E-state index contributed by atoms with van der Waals surface area (Å²) in [5.41, 5.74) is 5.83. The largest absolute Gasteiger partial charge is 0.488 e. The average Bonchev–Trinajstić information content (AvgIpc) is 2.53. The second kappa shape index (κ2) is 6.09. The van der Waals surface area contributed by atoms with Crippen LogP contribution >= 0.6 is 11.6 Å². The van der Waals surface area contributed by atoms with Crippen LogP contribution in [0, 0.1) is 20.8 Å². The van der Waals surface area contributed by atoms with Gasteiger partial charge in [0.15, 0.2) is 5.06 Å². The lowest BCUT2D eigenvalue weighted by Crippen LogP contribution is -2.31. The summed E-state index contributed by atoms with van der Waals surface area (Å²) in [5, 5.41) is -0.608. The number of benzene rings is 2. The zero-order valence-corrected chi connectivity index (χ0v) is 15.0. The van der Waals surface area contributed by atoms with Gasteiger partial charge < -0.3 is 9.47 Å². The average molecular weight is 331 g/mol. The third kappa shape index (κ3) is 3.18. The van der Waals surface area contributed by atoms with Crippen LogP contribution in [-0.2, 0) is 13.0 Å². The molecule has 0 aromatic heterocycles. The molecule has 3 heteroatoms. The standard InChI is InChI=1S/C20H23ClO2/c1-13-14(2)19-17(10-11-20(4,21)23-19)15(3)18(13)22-12-16-8-6-5-7-9-16/h5-9H,10-12H2,1-4H3. The Bertz CT molecular complexity index is 720. The van der Waals surface area contributed by atoms with Gasteiger partial charge in [-0.05, 0) is 56.4 Å². The van der Waals surface area contributed by atoms with Gasteiger partial charge >= 0.3 is 0 Å². The monoisotopic (exact) mass is 330 g/mol. The van der Waals surface area contributed by atoms with Crippen molar-refractivity contribution in [2.75, 3.05) is 0 Å². The summed E-state index contributed by atoms with van der Waals surface area (Å²) in [5.74, 6) is 1.92. The quantitative estimate of drug-likeness (QED) is 0.695. The molecule has 0 radical (unpaired) electrons. The topological polar surface area (TPSA) is 18.5 Å². The summed E-state index contributed by atoms with van der Waals surface area (Å²) < 4.78 is 12.2. The fourth-order valence-corrected chi connectivity index (χ4v) is 3.32. The summed E-state index contributed by atoms with van der Waals surface area (Å²) in [4.78, 5) is 0. The molecular weight excluding hydrogens is 308 g/mol. The molecule has 0 saturated heterocycles. The predicted molar refractivity (Wildman–Crippen MR) is 94.6 cm³/mol. The number of ether oxygens (including phenoxy) is 2. The SMILES string of the molecule is Cc1c(C)c2c(c(C)c1OCc1ccccc1)CCC(C)(Cl)O2. The lowest BCUT2D eigenvalue weighted by Gasteiger charge is -2.34. The van der Waals surface area contributed by atoms with Gasteiger partial charge in [-0.15, -0.1) is 0 Å². The molecule has 1 unspecified atom stereocenters. The number of halogens is 1. The maximum atomic E-state index is 6.40. The minimum atomic E-state index is -0.608. The van der Waals surface area contributed by atoms with Crippen molar-refractivity contribution in [1.29, 1.82) is 0 Å². The van der Waals surface area contributed by atoms with E-state index < -0.39 is 5.06 Å². The van der Waals surface area contributed by atoms with E-state index in [1.54, 1.807) is 0 Å². The minimum absolute atomic E-state index is 0.578. The molecule has 2 nitrogen and oxygen atoms in total. The van der Waals surface area contributed by atoms with Crippen LogP contribution < -0.4 is 9.47 Å². The van der Waals surface area contributed by atoms with Crippen LogP contribution in [0.5, 0.6) is 11.5 Å². The maximum absolute atomic E-state index is 6.40. The normalized spacial score (nSPS) is 19.9. The Balaban J connectivity index is 1.95. The van der Waals surface area contributed by atoms with Gasteiger partial charge in [0.25, 0.3) is 0 Å². The van der Waals surface area contributed by atoms with E-state index in [-0.39, 0.29) is 0 Å². The van der Waals surface area contributed by atoms with E-state index in [1.165, 1.54) is 16.7 Å². The minimum Gasteiger partial charge on any atom is -0.488 e. The Morgan fingerprint density at radius 2 is 1.78 bits per heavy atom. The van der Waals surface area contributed by atoms with Crippen molar-refractivity contribution in [3.8, 4) is 11.5 Å². The van der Waals surface area contributed by atoms with E-state index in [1.807, 2.05) is 25.1 Å². The van der Waals surface area contributed by atoms with Gasteiger partial charge in [-0.2, -0.15) is 0 Å². The molecule has 23 heavy (non-hydrogen) atoms. The Labute approximate surface area is 143 Å². The van der Waals surface area contributed by atoms with Gasteiger partial charge in [0, 0.05) is 12.0 Å². The number of hydrogen-bond donors (Lipinski definition) is 0. The third-order valence-electron chi connectivity index (χ3n) is 4.67. The van der Waals surface area contributed by atoms with E-state index in [0.29, 0.717) is 6.61 Å². The molecule has 0 saturated carbocycles. The van der Waals surface area contributed by atoms with E-state index >= 15 is 0 Å². The zero-order chi connectivity index (χ0) is 16.6. The summed E-state index contributed by atoms with van der Waals surface area (Å²) in [6.45, 7) is 8.80. The molecule has 2 aromatic rings. The molecule has 1 aliphatic rings. The van der Waals surface area contributed by atoms with Crippen molar-refractivity contribution in [1.82, 2.24) is 0 Å². The predicted octanol–water partition coefficient (Wildman–Crippen LogP) is 5.47. The Hall–Kier alpha value is -1.67. The summed E-state index contributed by atoms with van der Waals surface area (Å²) in [6, 6.07) is 10.2. The maximum Gasteiger partial charge on any atom is 0.180 e. The van der Waals surface area contributed by atoms with Gasteiger partial charge in [-0.25, -0.2) is 0 Å². The highest BCUT2D eigenvalue weighted by molar-refractivity contribution is 6.22. The number of fused-ring (bicyclic) bond motifs is 1. The summed E-state index contributed by atoms with van der Waals surface area (Å²) >= 11 is 6.40. The zero-order valence-electron chi connectivity index (χ0n) is 14.2. The molecule has 1 aliphatic heterocycles. The van der Waals surface area contributed by atoms with Crippen LogP contribution in [0.15, 0.2) is 30.3 Å². The molecule has 3 rings (SSSR count). The molecule has 0 aliphatic carbocycles. The second-order valence-electron chi connectivity index (χ2n) is 6.49. The second-order valence-corrected chi connectivity index (χ2v) is 7.29. The van der Waals surface area contributed by atoms with E-state index in [9.17, 15) is 0 Å². The molecule has 0 amide bonds. The lowest BCUT2D eigenvalue weighted by molar-refractivity contribution is 0.147. The highest BCUT2D eigenvalue weighted by atomic mass is 35.5. The molecule has 0 N–H and O–H groups in total. The molecule has 0 bridgehead atoms. The van der Waals surface area contributed by atoms with E-state index in [0.717, 1.165) is 35.5 Å². The van der Waals surface area contributed by atoms with Crippen LogP contribution in [0.2, 0.25) is 0 Å². The third-order valence-corrected chi connectivity index (χ3v) is 4.94. The van der Waals surface area contributed by atoms with Crippen molar-refractivity contribution < 1.29 is 9.47 Å². The van der Waals surface area contributed by atoms with E-state index in [4.69, 9.17) is 21.1 Å². The lowest BCUT2D eigenvalue weighted by atomic mass is 9.91. The highest BCUT2D eigenvalue weighted by Gasteiger charge is 2.32. The summed E-state index contributed by atoms with van der Waals surface area (Å²) in [6.07, 6.45) is 1.73. The Kier molecular flexibility index (Phi) is 4.29. The summed E-state index contributed by atoms with van der Waals surface area (Å²) in [7, 11) is 0. The van der Waals surface area contributed by atoms with Gasteiger partial charge in [0.05, 0.1) is 0 Å². The molecule has 1 atom stereocenters. The molecule has 1 heterocycles. The first-order valence-corrected chi connectivity index (χ1v) is 8.44. The first-order chi connectivity index (χ1) is 10.9. The van der Waals surface area contributed by atoms with Crippen LogP contribution in [0.3, 0.4) is 0 Å². The fraction of sp³-hybridized carbons (Fsp3) is 0.400. The highest BCUT2D eigenvalue weighted by Crippen LogP contribution is 2.44.